The van der Waals surface area contributed by atoms with E-state index < -0.39 is 0 Å². The van der Waals surface area contributed by atoms with Crippen molar-refractivity contribution < 1.29 is 9.53 Å². The van der Waals surface area contributed by atoms with E-state index >= 15 is 0 Å². The normalized spacial score (nSPS) is 10.7. The largest absolute Gasteiger partial charge is 0.462 e. The zero-order valence-corrected chi connectivity index (χ0v) is 11.0. The van der Waals surface area contributed by atoms with Gasteiger partial charge in [-0.25, -0.2) is 9.78 Å². The van der Waals surface area contributed by atoms with Gasteiger partial charge in [0.05, 0.1) is 23.9 Å². The van der Waals surface area contributed by atoms with E-state index in [1.54, 1.807) is 17.8 Å². The molecule has 2 heterocycles. The van der Waals surface area contributed by atoms with Gasteiger partial charge >= 0.3 is 5.97 Å². The monoisotopic (exact) mass is 248 g/mol. The van der Waals surface area contributed by atoms with Gasteiger partial charge in [-0.15, -0.1) is 0 Å². The first kappa shape index (κ1) is 12.3. The molecule has 0 aromatic carbocycles. The van der Waals surface area contributed by atoms with E-state index in [1.165, 1.54) is 6.20 Å². The molecule has 0 unspecified atom stereocenters. The Morgan fingerprint density at radius 3 is 2.78 bits per heavy atom. The molecule has 0 amide bonds. The molecule has 0 aliphatic rings. The number of esters is 1. The summed E-state index contributed by atoms with van der Waals surface area (Å²) >= 11 is 0. The van der Waals surface area contributed by atoms with Crippen LogP contribution in [-0.2, 0) is 11.8 Å². The number of pyridine rings is 1. The average molecular weight is 248 g/mol. The van der Waals surface area contributed by atoms with Crippen LogP contribution in [-0.4, -0.2) is 41.4 Å². The molecule has 0 saturated heterocycles. The molecule has 0 aliphatic heterocycles. The predicted molar refractivity (Wildman–Crippen MR) is 68.8 cm³/mol. The van der Waals surface area contributed by atoms with Gasteiger partial charge in [-0.1, -0.05) is 0 Å². The fourth-order valence-corrected chi connectivity index (χ4v) is 1.92. The van der Waals surface area contributed by atoms with Gasteiger partial charge in [0, 0.05) is 27.3 Å². The number of aryl methyl sites for hydroxylation is 1. The minimum absolute atomic E-state index is 0.344. The van der Waals surface area contributed by atoms with Crippen molar-refractivity contribution in [2.75, 3.05) is 25.6 Å². The van der Waals surface area contributed by atoms with Gasteiger partial charge in [-0.2, -0.15) is 5.10 Å². The van der Waals surface area contributed by atoms with Gasteiger partial charge in [0.2, 0.25) is 0 Å². The van der Waals surface area contributed by atoms with Crippen molar-refractivity contribution in [2.45, 2.75) is 6.92 Å². The summed E-state index contributed by atoms with van der Waals surface area (Å²) in [7, 11) is 5.58. The molecule has 6 nitrogen and oxygen atoms in total. The first-order chi connectivity index (χ1) is 8.56. The molecule has 0 bridgehead atoms. The number of hydrogen-bond donors (Lipinski definition) is 0. The molecule has 0 atom stereocenters. The summed E-state index contributed by atoms with van der Waals surface area (Å²) in [5.41, 5.74) is 1.99. The van der Waals surface area contributed by atoms with Crippen LogP contribution in [0.15, 0.2) is 12.4 Å². The van der Waals surface area contributed by atoms with Crippen LogP contribution in [0.1, 0.15) is 17.3 Å². The first-order valence-electron chi connectivity index (χ1n) is 5.71. The molecule has 96 valence electrons. The van der Waals surface area contributed by atoms with Crippen LogP contribution in [0.2, 0.25) is 0 Å². The van der Waals surface area contributed by atoms with Gasteiger partial charge in [-0.3, -0.25) is 4.68 Å². The molecule has 0 saturated carbocycles. The Labute approximate surface area is 105 Å². The summed E-state index contributed by atoms with van der Waals surface area (Å²) in [6, 6.07) is 0. The van der Waals surface area contributed by atoms with Crippen LogP contribution in [0, 0.1) is 0 Å². The number of anilines is 1. The lowest BCUT2D eigenvalue weighted by Gasteiger charge is -2.17. The summed E-state index contributed by atoms with van der Waals surface area (Å²) < 4.78 is 6.72. The minimum Gasteiger partial charge on any atom is -0.462 e. The summed E-state index contributed by atoms with van der Waals surface area (Å²) in [5, 5.41) is 5.00. The Morgan fingerprint density at radius 2 is 2.17 bits per heavy atom. The zero-order chi connectivity index (χ0) is 13.3. The first-order valence-corrected chi connectivity index (χ1v) is 5.71. The lowest BCUT2D eigenvalue weighted by atomic mass is 10.1. The fraction of sp³-hybridized carbons (Fsp3) is 0.417. The van der Waals surface area contributed by atoms with E-state index in [4.69, 9.17) is 4.74 Å². The van der Waals surface area contributed by atoms with E-state index in [0.717, 1.165) is 16.7 Å². The highest BCUT2D eigenvalue weighted by molar-refractivity contribution is 6.04. The van der Waals surface area contributed by atoms with E-state index in [2.05, 4.69) is 10.1 Å². The molecule has 2 rings (SSSR count). The lowest BCUT2D eigenvalue weighted by Crippen LogP contribution is -2.16. The quantitative estimate of drug-likeness (QED) is 0.764. The Bertz CT molecular complexity index is 589. The van der Waals surface area contributed by atoms with Crippen LogP contribution in [0.4, 0.5) is 5.69 Å². The minimum atomic E-state index is -0.362. The number of fused-ring (bicyclic) bond motifs is 1. The van der Waals surface area contributed by atoms with Crippen molar-refractivity contribution in [2.24, 2.45) is 7.05 Å². The Morgan fingerprint density at radius 1 is 1.44 bits per heavy atom. The molecular weight excluding hydrogens is 232 g/mol. The zero-order valence-electron chi connectivity index (χ0n) is 11.0. The molecule has 6 heteroatoms. The predicted octanol–water partition coefficient (Wildman–Crippen LogP) is 1.21. The van der Waals surface area contributed by atoms with Crippen LogP contribution >= 0.6 is 0 Å². The number of nitrogens with zero attached hydrogens (tertiary/aromatic N) is 4. The van der Waals surface area contributed by atoms with Gasteiger partial charge < -0.3 is 9.64 Å². The van der Waals surface area contributed by atoms with E-state index in [1.807, 2.05) is 26.0 Å². The SMILES string of the molecule is CCOC(=O)c1cnc2c(cnn2C)c1N(C)C. The average Bonchev–Trinajstić information content (AvgIpc) is 2.70. The third-order valence-electron chi connectivity index (χ3n) is 2.68. The second-order valence-electron chi connectivity index (χ2n) is 4.14. The molecule has 0 spiro atoms. The maximum Gasteiger partial charge on any atom is 0.341 e. The number of aromatic nitrogens is 3. The maximum atomic E-state index is 11.9. The van der Waals surface area contributed by atoms with E-state index in [-0.39, 0.29) is 5.97 Å². The fourth-order valence-electron chi connectivity index (χ4n) is 1.92. The Kier molecular flexibility index (Phi) is 3.18. The van der Waals surface area contributed by atoms with Crippen molar-refractivity contribution in [3.05, 3.63) is 18.0 Å². The molecule has 0 fully saturated rings. The van der Waals surface area contributed by atoms with Gasteiger partial charge in [-0.05, 0) is 6.92 Å². The third kappa shape index (κ3) is 1.90. The van der Waals surface area contributed by atoms with Crippen molar-refractivity contribution in [1.82, 2.24) is 14.8 Å². The molecular formula is C12H16N4O2. The van der Waals surface area contributed by atoms with Crippen molar-refractivity contribution >= 4 is 22.7 Å². The number of carbonyl (C=O) groups is 1. The van der Waals surface area contributed by atoms with Crippen molar-refractivity contribution in [3.63, 3.8) is 0 Å². The van der Waals surface area contributed by atoms with Gasteiger partial charge in [0.25, 0.3) is 0 Å². The Balaban J connectivity index is 2.67. The van der Waals surface area contributed by atoms with Crippen molar-refractivity contribution in [1.29, 1.82) is 0 Å². The summed E-state index contributed by atoms with van der Waals surface area (Å²) in [6.07, 6.45) is 3.25. The topological polar surface area (TPSA) is 60.2 Å². The molecule has 18 heavy (non-hydrogen) atoms. The van der Waals surface area contributed by atoms with Crippen LogP contribution in [0.3, 0.4) is 0 Å². The Hall–Kier alpha value is -2.11. The summed E-state index contributed by atoms with van der Waals surface area (Å²) in [5.74, 6) is -0.362. The number of carbonyl (C=O) groups excluding carboxylic acids is 1. The standard InChI is InChI=1S/C12H16N4O2/c1-5-18-12(17)9-6-13-11-8(7-14-16(11)4)10(9)15(2)3/h6-7H,5H2,1-4H3. The van der Waals surface area contributed by atoms with E-state index in [9.17, 15) is 4.79 Å². The number of ether oxygens (including phenoxy) is 1. The van der Waals surface area contributed by atoms with Crippen LogP contribution in [0.5, 0.6) is 0 Å². The molecule has 2 aromatic heterocycles. The maximum absolute atomic E-state index is 11.9. The van der Waals surface area contributed by atoms with Gasteiger partial charge in [0.15, 0.2) is 5.65 Å². The third-order valence-corrected chi connectivity index (χ3v) is 2.68. The lowest BCUT2D eigenvalue weighted by molar-refractivity contribution is 0.0527. The second kappa shape index (κ2) is 4.64. The summed E-state index contributed by atoms with van der Waals surface area (Å²) in [6.45, 7) is 2.13. The highest BCUT2D eigenvalue weighted by Crippen LogP contribution is 2.28. The molecule has 0 aliphatic carbocycles. The number of hydrogen-bond acceptors (Lipinski definition) is 5. The molecule has 0 radical (unpaired) electrons. The highest BCUT2D eigenvalue weighted by atomic mass is 16.5. The van der Waals surface area contributed by atoms with E-state index in [0.29, 0.717) is 12.2 Å². The van der Waals surface area contributed by atoms with Gasteiger partial charge in [0.1, 0.15) is 5.56 Å². The van der Waals surface area contributed by atoms with Crippen molar-refractivity contribution in [3.8, 4) is 0 Å². The second-order valence-corrected chi connectivity index (χ2v) is 4.14. The number of rotatable bonds is 3. The van der Waals surface area contributed by atoms with Crippen LogP contribution < -0.4 is 4.90 Å². The van der Waals surface area contributed by atoms with Crippen LogP contribution in [0.25, 0.3) is 11.0 Å². The highest BCUT2D eigenvalue weighted by Gasteiger charge is 2.19. The summed E-state index contributed by atoms with van der Waals surface area (Å²) in [4.78, 5) is 18.0. The smallest absolute Gasteiger partial charge is 0.341 e. The molecule has 2 aromatic rings. The molecule has 0 N–H and O–H groups in total.